The third kappa shape index (κ3) is 1.27. The van der Waals surface area contributed by atoms with Crippen LogP contribution in [0.3, 0.4) is 0 Å². The summed E-state index contributed by atoms with van der Waals surface area (Å²) in [5, 5.41) is 8.93. The average molecular weight is 213 g/mol. The van der Waals surface area contributed by atoms with Crippen LogP contribution in [0.25, 0.3) is 11.1 Å². The molecule has 1 aromatic carbocycles. The van der Waals surface area contributed by atoms with Gasteiger partial charge in [-0.05, 0) is 12.1 Å². The molecule has 0 aliphatic carbocycles. The number of hydrogen-bond acceptors (Lipinski definition) is 4. The second-order valence-electron chi connectivity index (χ2n) is 2.66. The summed E-state index contributed by atoms with van der Waals surface area (Å²) >= 11 is 5.78. The van der Waals surface area contributed by atoms with E-state index >= 15 is 0 Å². The van der Waals surface area contributed by atoms with E-state index in [1.807, 2.05) is 0 Å². The van der Waals surface area contributed by atoms with Crippen molar-refractivity contribution in [3.05, 3.63) is 22.7 Å². The quantitative estimate of drug-likeness (QED) is 0.752. The van der Waals surface area contributed by atoms with Gasteiger partial charge in [0.15, 0.2) is 5.58 Å². The van der Waals surface area contributed by atoms with Gasteiger partial charge < -0.3 is 15.3 Å². The van der Waals surface area contributed by atoms with Crippen molar-refractivity contribution in [2.45, 2.75) is 0 Å². The Kier molecular flexibility index (Phi) is 1.82. The molecule has 0 aliphatic rings. The molecule has 72 valence electrons. The first kappa shape index (κ1) is 8.83. The molecule has 14 heavy (non-hydrogen) atoms. The van der Waals surface area contributed by atoms with Crippen molar-refractivity contribution in [3.63, 3.8) is 0 Å². The Hall–Kier alpha value is -1.75. The lowest BCUT2D eigenvalue weighted by molar-refractivity contribution is 0.0697. The number of nitrogen functional groups attached to an aromatic ring is 1. The fourth-order valence-corrected chi connectivity index (χ4v) is 1.38. The van der Waals surface area contributed by atoms with E-state index in [9.17, 15) is 4.79 Å². The van der Waals surface area contributed by atoms with Crippen molar-refractivity contribution in [2.75, 3.05) is 5.73 Å². The van der Waals surface area contributed by atoms with Gasteiger partial charge in [-0.15, -0.1) is 0 Å². The molecule has 5 nitrogen and oxygen atoms in total. The molecule has 1 heterocycles. The molecule has 6 heteroatoms. The first-order chi connectivity index (χ1) is 6.58. The molecule has 0 fully saturated rings. The largest absolute Gasteiger partial charge is 0.478 e. The highest BCUT2D eigenvalue weighted by atomic mass is 35.5. The van der Waals surface area contributed by atoms with E-state index in [0.717, 1.165) is 0 Å². The Labute approximate surface area is 83.1 Å². The average Bonchev–Trinajstić information content (AvgIpc) is 2.45. The highest BCUT2D eigenvalue weighted by molar-refractivity contribution is 6.35. The molecule has 2 rings (SSSR count). The molecule has 2 aromatic rings. The van der Waals surface area contributed by atoms with E-state index in [1.165, 1.54) is 12.1 Å². The van der Waals surface area contributed by atoms with Gasteiger partial charge in [-0.2, -0.15) is 4.98 Å². The number of nitrogens with zero attached hydrogens (tertiary/aromatic N) is 1. The summed E-state index contributed by atoms with van der Waals surface area (Å²) in [4.78, 5) is 14.5. The number of benzene rings is 1. The molecular weight excluding hydrogens is 208 g/mol. The Bertz CT molecular complexity index is 521. The zero-order valence-corrected chi connectivity index (χ0v) is 7.58. The van der Waals surface area contributed by atoms with E-state index in [1.54, 1.807) is 0 Å². The summed E-state index contributed by atoms with van der Waals surface area (Å²) in [6.07, 6.45) is 0. The topological polar surface area (TPSA) is 89.3 Å². The number of halogens is 1. The number of aromatic carboxylic acids is 1. The van der Waals surface area contributed by atoms with Gasteiger partial charge >= 0.3 is 5.97 Å². The van der Waals surface area contributed by atoms with E-state index < -0.39 is 5.97 Å². The molecule has 0 bridgehead atoms. The minimum Gasteiger partial charge on any atom is -0.478 e. The highest BCUT2D eigenvalue weighted by Crippen LogP contribution is 2.26. The fourth-order valence-electron chi connectivity index (χ4n) is 1.13. The maximum absolute atomic E-state index is 10.7. The summed E-state index contributed by atoms with van der Waals surface area (Å²) in [6, 6.07) is 2.59. The van der Waals surface area contributed by atoms with Crippen LogP contribution < -0.4 is 5.73 Å². The fraction of sp³-hybridized carbons (Fsp3) is 0. The number of anilines is 1. The van der Waals surface area contributed by atoms with Crippen molar-refractivity contribution in [2.24, 2.45) is 0 Å². The van der Waals surface area contributed by atoms with Gasteiger partial charge in [-0.1, -0.05) is 11.6 Å². The Morgan fingerprint density at radius 1 is 1.57 bits per heavy atom. The van der Waals surface area contributed by atoms with Gasteiger partial charge in [-0.25, -0.2) is 4.79 Å². The van der Waals surface area contributed by atoms with Crippen molar-refractivity contribution in [1.82, 2.24) is 4.98 Å². The predicted octanol–water partition coefficient (Wildman–Crippen LogP) is 1.76. The molecule has 0 saturated carbocycles. The van der Waals surface area contributed by atoms with Gasteiger partial charge in [0.05, 0.1) is 10.6 Å². The molecule has 0 atom stereocenters. The number of rotatable bonds is 1. The maximum Gasteiger partial charge on any atom is 0.335 e. The molecule has 0 saturated heterocycles. The molecule has 0 spiro atoms. The summed E-state index contributed by atoms with van der Waals surface area (Å²) < 4.78 is 4.96. The second-order valence-corrected chi connectivity index (χ2v) is 3.07. The molecule has 3 N–H and O–H groups in total. The van der Waals surface area contributed by atoms with Crippen LogP contribution >= 0.6 is 11.6 Å². The van der Waals surface area contributed by atoms with E-state index in [4.69, 9.17) is 26.9 Å². The zero-order chi connectivity index (χ0) is 10.3. The second kappa shape index (κ2) is 2.88. The predicted molar refractivity (Wildman–Crippen MR) is 50.4 cm³/mol. The van der Waals surface area contributed by atoms with E-state index in [0.29, 0.717) is 5.52 Å². The standard InChI is InChI=1S/C8H5ClN2O3/c9-4-1-3(7(12)13)2-5-6(4)11-8(10)14-5/h1-2H,(H2,10,11)(H,12,13). The number of hydrogen-bond donors (Lipinski definition) is 2. The number of aromatic nitrogens is 1. The minimum absolute atomic E-state index is 0.0376. The first-order valence-electron chi connectivity index (χ1n) is 3.67. The smallest absolute Gasteiger partial charge is 0.335 e. The van der Waals surface area contributed by atoms with Gasteiger partial charge in [0.2, 0.25) is 0 Å². The Balaban J connectivity index is 2.77. The lowest BCUT2D eigenvalue weighted by Gasteiger charge is -1.94. The lowest BCUT2D eigenvalue weighted by atomic mass is 10.2. The molecular formula is C8H5ClN2O3. The molecule has 0 radical (unpaired) electrons. The van der Waals surface area contributed by atoms with Crippen LogP contribution in [0.1, 0.15) is 10.4 Å². The van der Waals surface area contributed by atoms with Crippen molar-refractivity contribution < 1.29 is 14.3 Å². The van der Waals surface area contributed by atoms with Gasteiger partial charge in [0.1, 0.15) is 5.52 Å². The van der Waals surface area contributed by atoms with Gasteiger partial charge in [0, 0.05) is 0 Å². The van der Waals surface area contributed by atoms with Crippen LogP contribution in [0.5, 0.6) is 0 Å². The van der Waals surface area contributed by atoms with E-state index in [2.05, 4.69) is 4.98 Å². The summed E-state index contributed by atoms with van der Waals surface area (Å²) in [5.41, 5.74) is 5.98. The number of nitrogens with two attached hydrogens (primary N) is 1. The molecule has 1 aromatic heterocycles. The number of carbonyl (C=O) groups is 1. The Morgan fingerprint density at radius 3 is 2.93 bits per heavy atom. The number of oxazole rings is 1. The lowest BCUT2D eigenvalue weighted by Crippen LogP contribution is -1.95. The van der Waals surface area contributed by atoms with Crippen LogP contribution in [-0.2, 0) is 0 Å². The van der Waals surface area contributed by atoms with E-state index in [-0.39, 0.29) is 22.2 Å². The Morgan fingerprint density at radius 2 is 2.29 bits per heavy atom. The first-order valence-corrected chi connectivity index (χ1v) is 4.04. The minimum atomic E-state index is -1.08. The summed E-state index contributed by atoms with van der Waals surface area (Å²) in [6.45, 7) is 0. The van der Waals surface area contributed by atoms with Crippen molar-refractivity contribution >= 4 is 34.7 Å². The molecule has 0 aliphatic heterocycles. The van der Waals surface area contributed by atoms with Gasteiger partial charge in [0.25, 0.3) is 6.01 Å². The monoisotopic (exact) mass is 212 g/mol. The van der Waals surface area contributed by atoms with Crippen LogP contribution in [-0.4, -0.2) is 16.1 Å². The van der Waals surface area contributed by atoms with Crippen molar-refractivity contribution in [3.8, 4) is 0 Å². The van der Waals surface area contributed by atoms with Crippen LogP contribution in [0.15, 0.2) is 16.5 Å². The number of fused-ring (bicyclic) bond motifs is 1. The SMILES string of the molecule is Nc1nc2c(Cl)cc(C(=O)O)cc2o1. The highest BCUT2D eigenvalue weighted by Gasteiger charge is 2.12. The molecule has 0 unspecified atom stereocenters. The summed E-state index contributed by atoms with van der Waals surface area (Å²) in [5.74, 6) is -1.08. The zero-order valence-electron chi connectivity index (χ0n) is 6.82. The number of carboxylic acid groups (broad SMARTS) is 1. The third-order valence-electron chi connectivity index (χ3n) is 1.71. The van der Waals surface area contributed by atoms with Crippen molar-refractivity contribution in [1.29, 1.82) is 0 Å². The third-order valence-corrected chi connectivity index (χ3v) is 2.00. The normalized spacial score (nSPS) is 10.6. The number of carboxylic acids is 1. The summed E-state index contributed by atoms with van der Waals surface area (Å²) in [7, 11) is 0. The van der Waals surface area contributed by atoms with Crippen LogP contribution in [0, 0.1) is 0 Å². The van der Waals surface area contributed by atoms with Gasteiger partial charge in [-0.3, -0.25) is 0 Å². The molecule has 0 amide bonds. The van der Waals surface area contributed by atoms with Crippen LogP contribution in [0.2, 0.25) is 5.02 Å². The van der Waals surface area contributed by atoms with Crippen LogP contribution in [0.4, 0.5) is 6.01 Å². The maximum atomic E-state index is 10.7.